The molecule has 1 aliphatic rings. The van der Waals surface area contributed by atoms with Crippen molar-refractivity contribution >= 4 is 22.4 Å². The van der Waals surface area contributed by atoms with Gasteiger partial charge in [0.05, 0.1) is 0 Å². The van der Waals surface area contributed by atoms with Crippen LogP contribution in [0.5, 0.6) is 0 Å². The average molecular weight is 252 g/mol. The summed E-state index contributed by atoms with van der Waals surface area (Å²) in [6.07, 6.45) is -5.41. The first-order valence-electron chi connectivity index (χ1n) is 4.42. The first-order chi connectivity index (χ1) is 7.39. The molecule has 1 saturated heterocycles. The molecule has 1 amide bonds. The van der Waals surface area contributed by atoms with Crippen LogP contribution in [-0.2, 0) is 11.0 Å². The van der Waals surface area contributed by atoms with Crippen LogP contribution in [0.3, 0.4) is 0 Å². The molecule has 16 heavy (non-hydrogen) atoms. The second-order valence-electron chi connectivity index (χ2n) is 3.31. The van der Waals surface area contributed by atoms with Gasteiger partial charge in [0.2, 0.25) is 0 Å². The van der Waals surface area contributed by atoms with Crippen molar-refractivity contribution in [3.63, 3.8) is 0 Å². The van der Waals surface area contributed by atoms with E-state index >= 15 is 0 Å². The molecule has 1 aromatic rings. The lowest BCUT2D eigenvalue weighted by Gasteiger charge is -2.11. The Morgan fingerprint density at radius 2 is 2.25 bits per heavy atom. The Labute approximate surface area is 92.3 Å². The van der Waals surface area contributed by atoms with Gasteiger partial charge in [-0.2, -0.15) is 13.2 Å². The minimum Gasteiger partial charge on any atom is -0.383 e. The van der Waals surface area contributed by atoms with E-state index in [1.807, 2.05) is 0 Å². The highest BCUT2D eigenvalue weighted by molar-refractivity contribution is 7.14. The highest BCUT2D eigenvalue weighted by Crippen LogP contribution is 2.34. The summed E-state index contributed by atoms with van der Waals surface area (Å²) in [6, 6.07) is 0. The summed E-state index contributed by atoms with van der Waals surface area (Å²) in [5, 5.41) is 9.99. The molecule has 0 aliphatic carbocycles. The van der Waals surface area contributed by atoms with E-state index in [4.69, 9.17) is 5.11 Å². The lowest BCUT2D eigenvalue weighted by atomic mass is 10.3. The number of hydrogen-bond donors (Lipinski definition) is 1. The fraction of sp³-hybridized carbons (Fsp3) is 0.500. The predicted molar refractivity (Wildman–Crippen MR) is 50.1 cm³/mol. The third-order valence-electron chi connectivity index (χ3n) is 2.19. The normalized spacial score (nSPS) is 21.9. The van der Waals surface area contributed by atoms with Gasteiger partial charge in [0.25, 0.3) is 5.91 Å². The molecule has 1 unspecified atom stereocenters. The number of hydrogen-bond acceptors (Lipinski definition) is 4. The van der Waals surface area contributed by atoms with Crippen LogP contribution in [0.15, 0.2) is 5.38 Å². The largest absolute Gasteiger partial charge is 0.434 e. The van der Waals surface area contributed by atoms with Crippen LogP contribution in [0.25, 0.3) is 0 Å². The van der Waals surface area contributed by atoms with E-state index in [-0.39, 0.29) is 18.1 Å². The van der Waals surface area contributed by atoms with Gasteiger partial charge in [0.15, 0.2) is 10.8 Å². The average Bonchev–Trinajstić information content (AvgIpc) is 2.74. The zero-order chi connectivity index (χ0) is 11.9. The number of carbonyl (C=O) groups excluding carboxylic acids is 1. The summed E-state index contributed by atoms with van der Waals surface area (Å²) in [6.45, 7) is 0.199. The number of nitrogens with zero attached hydrogens (tertiary/aromatic N) is 2. The Hall–Kier alpha value is -1.15. The minimum absolute atomic E-state index is 0.0196. The van der Waals surface area contributed by atoms with Gasteiger partial charge in [-0.25, -0.2) is 4.98 Å². The van der Waals surface area contributed by atoms with Crippen LogP contribution < -0.4 is 4.90 Å². The van der Waals surface area contributed by atoms with E-state index in [1.54, 1.807) is 0 Å². The van der Waals surface area contributed by atoms with Gasteiger partial charge in [0, 0.05) is 18.3 Å². The van der Waals surface area contributed by atoms with Crippen LogP contribution in [0.1, 0.15) is 12.1 Å². The van der Waals surface area contributed by atoms with Crippen LogP contribution in [0, 0.1) is 0 Å². The maximum Gasteiger partial charge on any atom is 0.434 e. The van der Waals surface area contributed by atoms with Crippen molar-refractivity contribution in [1.82, 2.24) is 4.98 Å². The van der Waals surface area contributed by atoms with Crippen LogP contribution >= 0.6 is 11.3 Å². The molecule has 2 rings (SSSR count). The summed E-state index contributed by atoms with van der Waals surface area (Å²) in [5.74, 6) is -0.594. The molecular weight excluding hydrogens is 245 g/mol. The van der Waals surface area contributed by atoms with Crippen molar-refractivity contribution in [2.75, 3.05) is 11.4 Å². The van der Waals surface area contributed by atoms with Crippen molar-refractivity contribution in [2.24, 2.45) is 0 Å². The molecule has 1 fully saturated rings. The monoisotopic (exact) mass is 252 g/mol. The number of amides is 1. The van der Waals surface area contributed by atoms with Crippen LogP contribution in [-0.4, -0.2) is 28.6 Å². The van der Waals surface area contributed by atoms with Crippen molar-refractivity contribution < 1.29 is 23.1 Å². The van der Waals surface area contributed by atoms with Crippen LogP contribution in [0.4, 0.5) is 18.3 Å². The zero-order valence-corrected chi connectivity index (χ0v) is 8.68. The number of aromatic nitrogens is 1. The Kier molecular flexibility index (Phi) is 2.62. The van der Waals surface area contributed by atoms with Crippen molar-refractivity contribution in [1.29, 1.82) is 0 Å². The van der Waals surface area contributed by atoms with E-state index in [0.717, 1.165) is 21.6 Å². The van der Waals surface area contributed by atoms with Crippen molar-refractivity contribution in [2.45, 2.75) is 18.7 Å². The Morgan fingerprint density at radius 1 is 1.56 bits per heavy atom. The second kappa shape index (κ2) is 3.70. The standard InChI is InChI=1S/C8H7F3N2O2S/c9-8(10,11)5-3-16-7(12-5)13-2-1-4(14)6(13)15/h3-4,14H,1-2H2. The molecule has 1 aromatic heterocycles. The number of alkyl halides is 3. The SMILES string of the molecule is O=C1C(O)CCN1c1nc(C(F)(F)F)cs1. The number of rotatable bonds is 1. The summed E-state index contributed by atoms with van der Waals surface area (Å²) in [7, 11) is 0. The van der Waals surface area contributed by atoms with E-state index in [1.165, 1.54) is 0 Å². The number of aliphatic hydroxyl groups excluding tert-OH is 1. The maximum atomic E-state index is 12.3. The molecule has 8 heteroatoms. The molecule has 2 heterocycles. The first-order valence-corrected chi connectivity index (χ1v) is 5.30. The van der Waals surface area contributed by atoms with Gasteiger partial charge in [-0.15, -0.1) is 11.3 Å². The van der Waals surface area contributed by atoms with E-state index in [9.17, 15) is 18.0 Å². The molecule has 0 spiro atoms. The Balaban J connectivity index is 2.23. The fourth-order valence-electron chi connectivity index (χ4n) is 1.37. The smallest absolute Gasteiger partial charge is 0.383 e. The number of aliphatic hydroxyl groups is 1. The number of thiazole rings is 1. The lowest BCUT2D eigenvalue weighted by Crippen LogP contribution is -2.29. The molecule has 1 atom stereocenters. The van der Waals surface area contributed by atoms with Crippen molar-refractivity contribution in [3.8, 4) is 0 Å². The zero-order valence-electron chi connectivity index (χ0n) is 7.86. The highest BCUT2D eigenvalue weighted by Gasteiger charge is 2.37. The molecule has 0 aromatic carbocycles. The van der Waals surface area contributed by atoms with Gasteiger partial charge >= 0.3 is 6.18 Å². The third-order valence-corrected chi connectivity index (χ3v) is 3.05. The summed E-state index contributed by atoms with van der Waals surface area (Å²) in [5.41, 5.74) is -1.01. The predicted octanol–water partition coefficient (Wildman–Crippen LogP) is 1.26. The van der Waals surface area contributed by atoms with Gasteiger partial charge in [0.1, 0.15) is 6.10 Å². The first kappa shape index (κ1) is 11.3. The van der Waals surface area contributed by atoms with Gasteiger partial charge < -0.3 is 5.11 Å². The summed E-state index contributed by atoms with van der Waals surface area (Å²) < 4.78 is 36.8. The Morgan fingerprint density at radius 3 is 2.69 bits per heavy atom. The molecule has 0 radical (unpaired) electrons. The number of halogens is 3. The van der Waals surface area contributed by atoms with Gasteiger partial charge in [-0.05, 0) is 0 Å². The fourth-order valence-corrected chi connectivity index (χ4v) is 2.24. The quantitative estimate of drug-likeness (QED) is 0.818. The minimum atomic E-state index is -4.50. The van der Waals surface area contributed by atoms with Gasteiger partial charge in [-0.1, -0.05) is 0 Å². The molecule has 1 N–H and O–H groups in total. The molecule has 88 valence electrons. The third kappa shape index (κ3) is 1.90. The number of carbonyl (C=O) groups is 1. The molecule has 1 aliphatic heterocycles. The molecular formula is C8H7F3N2O2S. The molecule has 0 saturated carbocycles. The lowest BCUT2D eigenvalue weighted by molar-refractivity contribution is -0.140. The van der Waals surface area contributed by atoms with Crippen molar-refractivity contribution in [3.05, 3.63) is 11.1 Å². The maximum absolute atomic E-state index is 12.3. The molecule has 0 bridgehead atoms. The van der Waals surface area contributed by atoms with Crippen LogP contribution in [0.2, 0.25) is 0 Å². The Bertz CT molecular complexity index is 418. The van der Waals surface area contributed by atoms with E-state index < -0.39 is 23.9 Å². The van der Waals surface area contributed by atoms with Gasteiger partial charge in [-0.3, -0.25) is 9.69 Å². The summed E-state index contributed by atoms with van der Waals surface area (Å²) in [4.78, 5) is 15.7. The molecule has 4 nitrogen and oxygen atoms in total. The highest BCUT2D eigenvalue weighted by atomic mass is 32.1. The van der Waals surface area contributed by atoms with E-state index in [2.05, 4.69) is 4.98 Å². The van der Waals surface area contributed by atoms with E-state index in [0.29, 0.717) is 0 Å². The number of anilines is 1. The topological polar surface area (TPSA) is 53.4 Å². The summed E-state index contributed by atoms with van der Waals surface area (Å²) >= 11 is 0.742. The second-order valence-corrected chi connectivity index (χ2v) is 4.14.